The normalized spacial score (nSPS) is 24.9. The minimum Gasteiger partial charge on any atom is -0.490 e. The number of carboxylic acid groups (broad SMARTS) is 1. The Kier molecular flexibility index (Phi) is 3.06. The van der Waals surface area contributed by atoms with Crippen LogP contribution in [0.2, 0.25) is 0 Å². The van der Waals surface area contributed by atoms with Gasteiger partial charge >= 0.3 is 5.97 Å². The second kappa shape index (κ2) is 4.34. The highest BCUT2D eigenvalue weighted by atomic mass is 35.5. The summed E-state index contributed by atoms with van der Waals surface area (Å²) in [5, 5.41) is 8.69. The summed E-state index contributed by atoms with van der Waals surface area (Å²) in [4.78, 5) is 10.6. The van der Waals surface area contributed by atoms with Crippen molar-refractivity contribution in [2.75, 3.05) is 0 Å². The van der Waals surface area contributed by atoms with Gasteiger partial charge in [0.25, 0.3) is 0 Å². The summed E-state index contributed by atoms with van der Waals surface area (Å²) >= 11 is 5.92. The maximum absolute atomic E-state index is 10.6. The van der Waals surface area contributed by atoms with Gasteiger partial charge in [-0.1, -0.05) is 12.1 Å². The topological polar surface area (TPSA) is 46.5 Å². The highest BCUT2D eigenvalue weighted by Gasteiger charge is 2.45. The van der Waals surface area contributed by atoms with Gasteiger partial charge in [0.05, 0.1) is 11.3 Å². The lowest BCUT2D eigenvalue weighted by Crippen LogP contribution is -2.07. The van der Waals surface area contributed by atoms with Crippen LogP contribution < -0.4 is 4.74 Å². The van der Waals surface area contributed by atoms with Crippen LogP contribution >= 0.6 is 11.6 Å². The van der Waals surface area contributed by atoms with Gasteiger partial charge in [-0.25, -0.2) is 0 Å². The summed E-state index contributed by atoms with van der Waals surface area (Å²) in [5.41, 5.74) is 1.03. The molecule has 0 saturated heterocycles. The van der Waals surface area contributed by atoms with Crippen molar-refractivity contribution in [3.63, 3.8) is 0 Å². The average Bonchev–Trinajstić information content (AvgIpc) is 2.98. The lowest BCUT2D eigenvalue weighted by atomic mass is 10.2. The second-order valence-electron chi connectivity index (χ2n) is 4.02. The summed E-state index contributed by atoms with van der Waals surface area (Å²) in [6, 6.07) is 7.44. The molecular formula is C12H13ClO3. The molecule has 0 bridgehead atoms. The number of carboxylic acids is 1. The van der Waals surface area contributed by atoms with Crippen LogP contribution in [0.25, 0.3) is 0 Å². The monoisotopic (exact) mass is 240 g/mol. The third-order valence-electron chi connectivity index (χ3n) is 2.68. The number of hydrogen-bond acceptors (Lipinski definition) is 2. The van der Waals surface area contributed by atoms with Gasteiger partial charge in [-0.15, -0.1) is 11.6 Å². The van der Waals surface area contributed by atoms with E-state index in [4.69, 9.17) is 21.4 Å². The van der Waals surface area contributed by atoms with Gasteiger partial charge in [0.1, 0.15) is 11.9 Å². The molecule has 3 nitrogen and oxygen atoms in total. The molecule has 86 valence electrons. The molecular weight excluding hydrogens is 228 g/mol. The van der Waals surface area contributed by atoms with E-state index in [1.165, 1.54) is 0 Å². The van der Waals surface area contributed by atoms with Crippen molar-refractivity contribution in [2.45, 2.75) is 24.8 Å². The Morgan fingerprint density at radius 1 is 1.50 bits per heavy atom. The van der Waals surface area contributed by atoms with E-state index in [1.54, 1.807) is 0 Å². The number of halogens is 1. The van der Waals surface area contributed by atoms with E-state index >= 15 is 0 Å². The van der Waals surface area contributed by atoms with Crippen LogP contribution in [-0.4, -0.2) is 17.2 Å². The molecule has 0 amide bonds. The van der Waals surface area contributed by atoms with Crippen LogP contribution in [0.3, 0.4) is 0 Å². The van der Waals surface area contributed by atoms with E-state index in [0.717, 1.165) is 5.56 Å². The molecule has 0 heterocycles. The smallest absolute Gasteiger partial charge is 0.310 e. The fraction of sp³-hybridized carbons (Fsp3) is 0.417. The molecule has 0 spiro atoms. The third-order valence-corrected chi connectivity index (χ3v) is 2.93. The molecule has 0 aromatic heterocycles. The SMILES string of the molecule is CC(Cl)c1ccc(O[C@@H]2C[C@@H]2C(=O)O)cc1. The molecule has 0 radical (unpaired) electrons. The lowest BCUT2D eigenvalue weighted by Gasteiger charge is -2.07. The zero-order valence-corrected chi connectivity index (χ0v) is 9.65. The van der Waals surface area contributed by atoms with Crippen molar-refractivity contribution in [1.82, 2.24) is 0 Å². The first-order valence-corrected chi connectivity index (χ1v) is 5.65. The van der Waals surface area contributed by atoms with Crippen LogP contribution in [0.15, 0.2) is 24.3 Å². The first kappa shape index (κ1) is 11.3. The number of alkyl halides is 1. The van der Waals surface area contributed by atoms with Crippen molar-refractivity contribution >= 4 is 17.6 Å². The zero-order chi connectivity index (χ0) is 11.7. The maximum Gasteiger partial charge on any atom is 0.310 e. The number of rotatable bonds is 4. The summed E-state index contributed by atoms with van der Waals surface area (Å²) < 4.78 is 5.51. The molecule has 1 aliphatic carbocycles. The summed E-state index contributed by atoms with van der Waals surface area (Å²) in [6.45, 7) is 1.90. The fourth-order valence-corrected chi connectivity index (χ4v) is 1.69. The predicted molar refractivity (Wildman–Crippen MR) is 60.9 cm³/mol. The minimum atomic E-state index is -0.781. The van der Waals surface area contributed by atoms with E-state index in [-0.39, 0.29) is 17.4 Å². The Morgan fingerprint density at radius 3 is 2.56 bits per heavy atom. The van der Waals surface area contributed by atoms with Gasteiger partial charge in [0, 0.05) is 6.42 Å². The number of aliphatic carboxylic acids is 1. The Labute approximate surface area is 99.0 Å². The second-order valence-corrected chi connectivity index (χ2v) is 4.68. The molecule has 16 heavy (non-hydrogen) atoms. The highest BCUT2D eigenvalue weighted by molar-refractivity contribution is 6.20. The Balaban J connectivity index is 1.94. The number of carbonyl (C=O) groups is 1. The molecule has 1 aliphatic rings. The molecule has 1 N–H and O–H groups in total. The quantitative estimate of drug-likeness (QED) is 0.824. The molecule has 4 heteroatoms. The van der Waals surface area contributed by atoms with Crippen LogP contribution in [-0.2, 0) is 4.79 Å². The molecule has 1 aromatic carbocycles. The van der Waals surface area contributed by atoms with Gasteiger partial charge in [-0.3, -0.25) is 4.79 Å². The first-order chi connectivity index (χ1) is 7.58. The van der Waals surface area contributed by atoms with Crippen molar-refractivity contribution in [3.05, 3.63) is 29.8 Å². The molecule has 3 atom stereocenters. The largest absolute Gasteiger partial charge is 0.490 e. The van der Waals surface area contributed by atoms with Crippen molar-refractivity contribution in [3.8, 4) is 5.75 Å². The Hall–Kier alpha value is -1.22. The Bertz CT molecular complexity index is 386. The molecule has 1 fully saturated rings. The number of ether oxygens (including phenoxy) is 1. The highest BCUT2D eigenvalue weighted by Crippen LogP contribution is 2.35. The van der Waals surface area contributed by atoms with Crippen molar-refractivity contribution < 1.29 is 14.6 Å². The number of hydrogen-bond donors (Lipinski definition) is 1. The molecule has 0 aliphatic heterocycles. The fourth-order valence-electron chi connectivity index (χ4n) is 1.55. The van der Waals surface area contributed by atoms with Crippen molar-refractivity contribution in [1.29, 1.82) is 0 Å². The predicted octanol–water partition coefficient (Wildman–Crippen LogP) is 2.84. The molecule has 2 rings (SSSR count). The van der Waals surface area contributed by atoms with Crippen LogP contribution in [0, 0.1) is 5.92 Å². The van der Waals surface area contributed by atoms with Gasteiger partial charge in [-0.05, 0) is 24.6 Å². The van der Waals surface area contributed by atoms with Gasteiger partial charge in [0.15, 0.2) is 0 Å². The summed E-state index contributed by atoms with van der Waals surface area (Å²) in [6.07, 6.45) is 0.431. The van der Waals surface area contributed by atoms with E-state index in [0.29, 0.717) is 12.2 Å². The van der Waals surface area contributed by atoms with E-state index < -0.39 is 5.97 Å². The van der Waals surface area contributed by atoms with Crippen LogP contribution in [0.1, 0.15) is 24.3 Å². The average molecular weight is 241 g/mol. The number of benzene rings is 1. The Morgan fingerprint density at radius 2 is 2.12 bits per heavy atom. The van der Waals surface area contributed by atoms with Gasteiger partial charge in [-0.2, -0.15) is 0 Å². The van der Waals surface area contributed by atoms with Crippen molar-refractivity contribution in [2.24, 2.45) is 5.92 Å². The van der Waals surface area contributed by atoms with Crippen LogP contribution in [0.4, 0.5) is 0 Å². The molecule has 1 unspecified atom stereocenters. The molecule has 1 aromatic rings. The maximum atomic E-state index is 10.6. The standard InChI is InChI=1S/C12H13ClO3/c1-7(13)8-2-4-9(5-3-8)16-11-6-10(11)12(14)15/h2-5,7,10-11H,6H2,1H3,(H,14,15)/t7?,10-,11+/m0/s1. The van der Waals surface area contributed by atoms with Gasteiger partial charge < -0.3 is 9.84 Å². The van der Waals surface area contributed by atoms with E-state index in [2.05, 4.69) is 0 Å². The first-order valence-electron chi connectivity index (χ1n) is 5.21. The molecule has 1 saturated carbocycles. The summed E-state index contributed by atoms with van der Waals surface area (Å²) in [7, 11) is 0. The zero-order valence-electron chi connectivity index (χ0n) is 8.89. The summed E-state index contributed by atoms with van der Waals surface area (Å²) in [5.74, 6) is -0.419. The minimum absolute atomic E-state index is 0.0262. The van der Waals surface area contributed by atoms with Gasteiger partial charge in [0.2, 0.25) is 0 Å². The lowest BCUT2D eigenvalue weighted by molar-refractivity contribution is -0.139. The van der Waals surface area contributed by atoms with E-state index in [9.17, 15) is 4.79 Å². The van der Waals surface area contributed by atoms with Crippen LogP contribution in [0.5, 0.6) is 5.75 Å². The van der Waals surface area contributed by atoms with E-state index in [1.807, 2.05) is 31.2 Å². The third kappa shape index (κ3) is 2.47.